The first-order valence-electron chi connectivity index (χ1n) is 18.0. The summed E-state index contributed by atoms with van der Waals surface area (Å²) in [6, 6.07) is 9.69. The van der Waals surface area contributed by atoms with Gasteiger partial charge in [0.2, 0.25) is 0 Å². The molecule has 0 aromatic heterocycles. The van der Waals surface area contributed by atoms with Gasteiger partial charge in [0.15, 0.2) is 5.79 Å². The van der Waals surface area contributed by atoms with Crippen LogP contribution < -0.4 is 5.32 Å². The molecule has 5 fully saturated rings. The van der Waals surface area contributed by atoms with Gasteiger partial charge in [-0.25, -0.2) is 4.79 Å². The Hall–Kier alpha value is -1.85. The predicted octanol–water partition coefficient (Wildman–Crippen LogP) is 10.2. The molecule has 0 bridgehead atoms. The van der Waals surface area contributed by atoms with Crippen molar-refractivity contribution in [1.82, 2.24) is 0 Å². The van der Waals surface area contributed by atoms with Crippen molar-refractivity contribution in [2.75, 3.05) is 11.9 Å². The van der Waals surface area contributed by atoms with E-state index in [-0.39, 0.29) is 50.8 Å². The van der Waals surface area contributed by atoms with E-state index in [0.29, 0.717) is 17.8 Å². The minimum atomic E-state index is -0.483. The highest BCUT2D eigenvalue weighted by molar-refractivity contribution is 5.84. The molecule has 1 aromatic carbocycles. The van der Waals surface area contributed by atoms with E-state index in [1.54, 1.807) is 5.57 Å². The van der Waals surface area contributed by atoms with Gasteiger partial charge < -0.3 is 14.2 Å². The van der Waals surface area contributed by atoms with Crippen LogP contribution in [-0.2, 0) is 14.2 Å². The lowest BCUT2D eigenvalue weighted by Gasteiger charge is -2.72. The molecule has 10 atom stereocenters. The van der Waals surface area contributed by atoms with Gasteiger partial charge in [-0.1, -0.05) is 78.3 Å². The molecule has 6 aliphatic rings. The van der Waals surface area contributed by atoms with Crippen molar-refractivity contribution in [3.05, 3.63) is 42.0 Å². The van der Waals surface area contributed by atoms with E-state index in [4.69, 9.17) is 14.2 Å². The summed E-state index contributed by atoms with van der Waals surface area (Å²) >= 11 is 0. The number of amides is 1. The van der Waals surface area contributed by atoms with Gasteiger partial charge in [-0.2, -0.15) is 0 Å². The Morgan fingerprint density at radius 3 is 2.29 bits per heavy atom. The number of para-hydroxylation sites is 1. The second-order valence-electron chi connectivity index (χ2n) is 18.6. The molecular formula is C40H59NO4. The minimum Gasteiger partial charge on any atom is -0.445 e. The highest BCUT2D eigenvalue weighted by atomic mass is 16.7. The standard InChI is InChI=1S/C40H59NO4/c1-34(2)23-28-27-15-16-30-37(6)19-18-31-38(7,25-43-35(3,4)45-31)29(37)17-20-40(30,9)39(27,8)22-21-36(28,5)32(24-34)44-33(42)41-26-13-11-10-12-14-26/h10-15,28-32H,16-25H2,1-9H3,(H,41,42)/t28-,29?,30-,31?,32-,36-,37+,38+,39-,40-/m1/s1. The Morgan fingerprint density at radius 2 is 1.56 bits per heavy atom. The van der Waals surface area contributed by atoms with Gasteiger partial charge in [0.25, 0.3) is 0 Å². The van der Waals surface area contributed by atoms with E-state index < -0.39 is 5.79 Å². The smallest absolute Gasteiger partial charge is 0.411 e. The summed E-state index contributed by atoms with van der Waals surface area (Å²) in [5, 5.41) is 3.00. The maximum atomic E-state index is 13.3. The number of carbonyl (C=O) groups excluding carboxylic acids is 1. The van der Waals surface area contributed by atoms with Crippen molar-refractivity contribution >= 4 is 11.8 Å². The Labute approximate surface area is 272 Å². The molecular weight excluding hydrogens is 558 g/mol. The molecule has 45 heavy (non-hydrogen) atoms. The maximum Gasteiger partial charge on any atom is 0.411 e. The molecule has 248 valence electrons. The van der Waals surface area contributed by atoms with E-state index in [2.05, 4.69) is 73.7 Å². The second-order valence-corrected chi connectivity index (χ2v) is 18.6. The summed E-state index contributed by atoms with van der Waals surface area (Å²) in [5.41, 5.74) is 3.24. The molecule has 1 amide bonds. The van der Waals surface area contributed by atoms with E-state index >= 15 is 0 Å². The molecule has 0 radical (unpaired) electrons. The summed E-state index contributed by atoms with van der Waals surface area (Å²) in [7, 11) is 0. The normalized spacial score (nSPS) is 47.8. The van der Waals surface area contributed by atoms with Gasteiger partial charge in [-0.05, 0) is 123 Å². The topological polar surface area (TPSA) is 56.8 Å². The molecule has 5 heteroatoms. The van der Waals surface area contributed by atoms with Gasteiger partial charge in [0, 0.05) is 16.5 Å². The third kappa shape index (κ3) is 4.63. The van der Waals surface area contributed by atoms with E-state index in [1.165, 1.54) is 25.7 Å². The zero-order chi connectivity index (χ0) is 32.3. The summed E-state index contributed by atoms with van der Waals surface area (Å²) in [6.07, 6.45) is 13.0. The van der Waals surface area contributed by atoms with Gasteiger partial charge in [-0.3, -0.25) is 5.32 Å². The van der Waals surface area contributed by atoms with Gasteiger partial charge >= 0.3 is 6.09 Å². The first-order chi connectivity index (χ1) is 21.0. The third-order valence-electron chi connectivity index (χ3n) is 15.3. The van der Waals surface area contributed by atoms with Crippen LogP contribution >= 0.6 is 0 Å². The first kappa shape index (κ1) is 31.7. The molecule has 1 N–H and O–H groups in total. The van der Waals surface area contributed by atoms with Crippen LogP contribution in [0.5, 0.6) is 0 Å². The van der Waals surface area contributed by atoms with Crippen molar-refractivity contribution in [2.45, 2.75) is 138 Å². The van der Waals surface area contributed by atoms with Crippen LogP contribution in [0.25, 0.3) is 0 Å². The Balaban J connectivity index is 1.19. The van der Waals surface area contributed by atoms with Crippen LogP contribution in [0.4, 0.5) is 10.5 Å². The molecule has 2 unspecified atom stereocenters. The molecule has 0 spiro atoms. The summed E-state index contributed by atoms with van der Waals surface area (Å²) in [4.78, 5) is 13.3. The largest absolute Gasteiger partial charge is 0.445 e. The van der Waals surface area contributed by atoms with Crippen LogP contribution in [0.2, 0.25) is 0 Å². The molecule has 1 heterocycles. The molecule has 1 aliphatic heterocycles. The highest BCUT2D eigenvalue weighted by Crippen LogP contribution is 2.76. The fraction of sp³-hybridized carbons (Fsp3) is 0.775. The fourth-order valence-corrected chi connectivity index (χ4v) is 12.5. The summed E-state index contributed by atoms with van der Waals surface area (Å²) < 4.78 is 19.4. The zero-order valence-corrected chi connectivity index (χ0v) is 29.6. The van der Waals surface area contributed by atoms with Crippen molar-refractivity contribution in [3.8, 4) is 0 Å². The third-order valence-corrected chi connectivity index (χ3v) is 15.3. The number of nitrogens with one attached hydrogen (secondary N) is 1. The zero-order valence-electron chi connectivity index (χ0n) is 29.6. The van der Waals surface area contributed by atoms with Crippen molar-refractivity contribution in [2.24, 2.45) is 50.2 Å². The average molecular weight is 618 g/mol. The number of anilines is 1. The lowest BCUT2D eigenvalue weighted by molar-refractivity contribution is -0.351. The van der Waals surface area contributed by atoms with Gasteiger partial charge in [0.1, 0.15) is 6.10 Å². The van der Waals surface area contributed by atoms with Gasteiger partial charge in [-0.15, -0.1) is 0 Å². The molecule has 1 saturated heterocycles. The lowest BCUT2D eigenvalue weighted by atomic mass is 9.33. The quantitative estimate of drug-likeness (QED) is 0.336. The van der Waals surface area contributed by atoms with Crippen LogP contribution in [0, 0.1) is 50.2 Å². The molecule has 5 aliphatic carbocycles. The predicted molar refractivity (Wildman–Crippen MR) is 180 cm³/mol. The van der Waals surface area contributed by atoms with Crippen LogP contribution in [0.1, 0.15) is 120 Å². The van der Waals surface area contributed by atoms with Crippen molar-refractivity contribution < 1.29 is 19.0 Å². The Bertz CT molecular complexity index is 1370. The fourth-order valence-electron chi connectivity index (χ4n) is 12.5. The first-order valence-corrected chi connectivity index (χ1v) is 18.0. The number of hydrogen-bond acceptors (Lipinski definition) is 4. The van der Waals surface area contributed by atoms with E-state index in [9.17, 15) is 4.79 Å². The second kappa shape index (κ2) is 10.1. The minimum absolute atomic E-state index is 0.0612. The number of allylic oxidation sites excluding steroid dienone is 2. The van der Waals surface area contributed by atoms with Crippen LogP contribution in [-0.4, -0.2) is 30.7 Å². The Kier molecular flexibility index (Phi) is 7.11. The maximum absolute atomic E-state index is 13.3. The highest BCUT2D eigenvalue weighted by Gasteiger charge is 2.70. The number of fused-ring (bicyclic) bond motifs is 9. The average Bonchev–Trinajstić information content (AvgIpc) is 2.95. The molecule has 7 rings (SSSR count). The van der Waals surface area contributed by atoms with Crippen molar-refractivity contribution in [1.29, 1.82) is 0 Å². The van der Waals surface area contributed by atoms with Crippen molar-refractivity contribution in [3.63, 3.8) is 0 Å². The monoisotopic (exact) mass is 617 g/mol. The number of ether oxygens (including phenoxy) is 3. The number of hydrogen-bond donors (Lipinski definition) is 1. The lowest BCUT2D eigenvalue weighted by Crippen LogP contribution is -2.68. The number of rotatable bonds is 2. The van der Waals surface area contributed by atoms with E-state index in [1.807, 2.05) is 30.3 Å². The summed E-state index contributed by atoms with van der Waals surface area (Å²) in [6.45, 7) is 22.6. The summed E-state index contributed by atoms with van der Waals surface area (Å²) in [5.74, 6) is 1.20. The number of carbonyl (C=O) groups is 1. The Morgan fingerprint density at radius 1 is 0.822 bits per heavy atom. The van der Waals surface area contributed by atoms with Gasteiger partial charge in [0.05, 0.1) is 12.7 Å². The van der Waals surface area contributed by atoms with E-state index in [0.717, 1.165) is 44.4 Å². The molecule has 5 nitrogen and oxygen atoms in total. The molecule has 4 saturated carbocycles. The molecule has 1 aromatic rings. The SMILES string of the molecule is CC1(C)C[C@@H]2C3=CC[C@@H]4[C@@]5(C)CCC6OC(C)(C)OC[C@@]6(C)C5CC[C@@]4(C)[C@]3(C)CC[C@@]2(C)[C@H](OC(=O)Nc2ccccc2)C1. The number of benzene rings is 1. The van der Waals surface area contributed by atoms with Crippen LogP contribution in [0.15, 0.2) is 42.0 Å². The van der Waals surface area contributed by atoms with Crippen LogP contribution in [0.3, 0.4) is 0 Å².